The molecule has 1 aliphatic heterocycles. The molecule has 1 fully saturated rings. The van der Waals surface area contributed by atoms with E-state index in [4.69, 9.17) is 4.74 Å². The molecule has 0 spiro atoms. The first-order chi connectivity index (χ1) is 9.65. The lowest BCUT2D eigenvalue weighted by Crippen LogP contribution is -2.33. The zero-order valence-electron chi connectivity index (χ0n) is 12.4. The molecule has 5 heteroatoms. The average Bonchev–Trinajstić information content (AvgIpc) is 2.69. The van der Waals surface area contributed by atoms with Crippen molar-refractivity contribution in [1.29, 1.82) is 0 Å². The van der Waals surface area contributed by atoms with Gasteiger partial charge in [-0.25, -0.2) is 0 Å². The van der Waals surface area contributed by atoms with Crippen molar-refractivity contribution in [3.8, 4) is 0 Å². The van der Waals surface area contributed by atoms with E-state index in [1.807, 2.05) is 11.9 Å². The number of rotatable bonds is 6. The van der Waals surface area contributed by atoms with Crippen LogP contribution < -0.4 is 5.32 Å². The average molecular weight is 280 g/mol. The van der Waals surface area contributed by atoms with Gasteiger partial charge < -0.3 is 15.0 Å². The molecule has 1 heterocycles. The molecule has 0 aromatic rings. The molecule has 1 aliphatic carbocycles. The fraction of sp³-hybridized carbons (Fsp3) is 0.733. The first-order valence-electron chi connectivity index (χ1n) is 7.40. The molecule has 1 unspecified atom stereocenters. The lowest BCUT2D eigenvalue weighted by Gasteiger charge is -2.26. The van der Waals surface area contributed by atoms with Crippen molar-refractivity contribution in [2.75, 3.05) is 27.3 Å². The van der Waals surface area contributed by atoms with E-state index in [2.05, 4.69) is 5.32 Å². The molecule has 112 valence electrons. The van der Waals surface area contributed by atoms with Crippen molar-refractivity contribution in [2.45, 2.75) is 44.6 Å². The molecule has 2 amide bonds. The Hall–Kier alpha value is -1.36. The van der Waals surface area contributed by atoms with Crippen molar-refractivity contribution in [3.05, 3.63) is 11.1 Å². The molecule has 0 bridgehead atoms. The van der Waals surface area contributed by atoms with Gasteiger partial charge in [-0.3, -0.25) is 9.59 Å². The van der Waals surface area contributed by atoms with Crippen LogP contribution in [-0.4, -0.2) is 50.1 Å². The Labute approximate surface area is 120 Å². The monoisotopic (exact) mass is 280 g/mol. The second kappa shape index (κ2) is 6.88. The molecular weight excluding hydrogens is 256 g/mol. The highest BCUT2D eigenvalue weighted by Gasteiger charge is 2.38. The molecule has 2 rings (SSSR count). The van der Waals surface area contributed by atoms with Crippen molar-refractivity contribution in [2.24, 2.45) is 0 Å². The Morgan fingerprint density at radius 1 is 1.45 bits per heavy atom. The molecule has 5 nitrogen and oxygen atoms in total. The Kier molecular flexibility index (Phi) is 5.17. The molecular formula is C15H24N2O3. The normalized spacial score (nSPS) is 22.2. The molecule has 0 radical (unpaired) electrons. The molecule has 1 atom stereocenters. The van der Waals surface area contributed by atoms with E-state index in [9.17, 15) is 9.59 Å². The molecule has 0 saturated heterocycles. The van der Waals surface area contributed by atoms with E-state index in [-0.39, 0.29) is 24.3 Å². The van der Waals surface area contributed by atoms with Crippen LogP contribution in [0, 0.1) is 0 Å². The smallest absolute Gasteiger partial charge is 0.250 e. The Morgan fingerprint density at radius 3 is 3.00 bits per heavy atom. The lowest BCUT2D eigenvalue weighted by molar-refractivity contribution is -0.127. The van der Waals surface area contributed by atoms with Gasteiger partial charge in [-0.15, -0.1) is 0 Å². The van der Waals surface area contributed by atoms with Gasteiger partial charge in [0, 0.05) is 32.9 Å². The molecule has 1 saturated carbocycles. The maximum absolute atomic E-state index is 12.3. The zero-order chi connectivity index (χ0) is 14.5. The second-order valence-corrected chi connectivity index (χ2v) is 5.55. The number of carbonyl (C=O) groups is 2. The number of hydrogen-bond donors (Lipinski definition) is 1. The van der Waals surface area contributed by atoms with Gasteiger partial charge in [0.2, 0.25) is 5.91 Å². The van der Waals surface area contributed by atoms with Gasteiger partial charge in [-0.1, -0.05) is 6.42 Å². The minimum Gasteiger partial charge on any atom is -0.385 e. The highest BCUT2D eigenvalue weighted by molar-refractivity contribution is 6.02. The minimum atomic E-state index is -0.0587. The van der Waals surface area contributed by atoms with E-state index in [1.54, 1.807) is 7.11 Å². The van der Waals surface area contributed by atoms with Gasteiger partial charge in [0.1, 0.15) is 0 Å². The van der Waals surface area contributed by atoms with Crippen LogP contribution in [-0.2, 0) is 14.3 Å². The highest BCUT2D eigenvalue weighted by Crippen LogP contribution is 2.36. The van der Waals surface area contributed by atoms with Crippen molar-refractivity contribution in [1.82, 2.24) is 10.2 Å². The largest absolute Gasteiger partial charge is 0.385 e. The summed E-state index contributed by atoms with van der Waals surface area (Å²) in [6.45, 7) is 1.24. The van der Waals surface area contributed by atoms with E-state index < -0.39 is 0 Å². The summed E-state index contributed by atoms with van der Waals surface area (Å²) >= 11 is 0. The minimum absolute atomic E-state index is 0.0407. The number of amides is 2. The Morgan fingerprint density at radius 2 is 2.25 bits per heavy atom. The fourth-order valence-electron chi connectivity index (χ4n) is 3.12. The number of nitrogens with zero attached hydrogens (tertiary/aromatic N) is 1. The molecule has 0 aromatic carbocycles. The van der Waals surface area contributed by atoms with Crippen LogP contribution in [0.2, 0.25) is 0 Å². The number of fused-ring (bicyclic) bond motifs is 1. The van der Waals surface area contributed by atoms with Crippen LogP contribution in [0.5, 0.6) is 0 Å². The number of hydrogen-bond acceptors (Lipinski definition) is 3. The van der Waals surface area contributed by atoms with Gasteiger partial charge in [-0.05, 0) is 31.3 Å². The van der Waals surface area contributed by atoms with E-state index >= 15 is 0 Å². The fourth-order valence-corrected chi connectivity index (χ4v) is 3.12. The van der Waals surface area contributed by atoms with Crippen LogP contribution in [0.15, 0.2) is 11.1 Å². The van der Waals surface area contributed by atoms with E-state index in [1.165, 1.54) is 12.0 Å². The number of likely N-dealkylation sites (N-methyl/N-ethyl adjacent to an activating group) is 1. The summed E-state index contributed by atoms with van der Waals surface area (Å²) in [4.78, 5) is 26.0. The van der Waals surface area contributed by atoms with Crippen molar-refractivity contribution >= 4 is 11.8 Å². The van der Waals surface area contributed by atoms with Gasteiger partial charge >= 0.3 is 0 Å². The molecule has 0 aromatic heterocycles. The van der Waals surface area contributed by atoms with Crippen LogP contribution in [0.25, 0.3) is 0 Å². The lowest BCUT2D eigenvalue weighted by atomic mass is 9.88. The summed E-state index contributed by atoms with van der Waals surface area (Å²) < 4.78 is 4.94. The first-order valence-corrected chi connectivity index (χ1v) is 7.40. The maximum Gasteiger partial charge on any atom is 0.250 e. The predicted molar refractivity (Wildman–Crippen MR) is 76.2 cm³/mol. The third-order valence-corrected chi connectivity index (χ3v) is 4.19. The summed E-state index contributed by atoms with van der Waals surface area (Å²) in [5, 5.41) is 2.85. The number of methoxy groups -OCH3 is 1. The third kappa shape index (κ3) is 3.20. The summed E-state index contributed by atoms with van der Waals surface area (Å²) in [5.74, 6) is -0.0180. The van der Waals surface area contributed by atoms with Crippen LogP contribution >= 0.6 is 0 Å². The summed E-state index contributed by atoms with van der Waals surface area (Å²) in [7, 11) is 3.49. The highest BCUT2D eigenvalue weighted by atomic mass is 16.5. The molecule has 20 heavy (non-hydrogen) atoms. The van der Waals surface area contributed by atoms with Gasteiger partial charge in [0.25, 0.3) is 5.91 Å². The molecule has 1 N–H and O–H groups in total. The van der Waals surface area contributed by atoms with Crippen molar-refractivity contribution in [3.63, 3.8) is 0 Å². The number of nitrogens with one attached hydrogen (secondary N) is 1. The van der Waals surface area contributed by atoms with Crippen LogP contribution in [0.4, 0.5) is 0 Å². The van der Waals surface area contributed by atoms with E-state index in [0.29, 0.717) is 13.2 Å². The summed E-state index contributed by atoms with van der Waals surface area (Å²) in [6.07, 6.45) is 5.32. The number of carbonyl (C=O) groups excluding carboxylic acids is 2. The topological polar surface area (TPSA) is 58.6 Å². The first kappa shape index (κ1) is 15.0. The molecule has 2 aliphatic rings. The SMILES string of the molecule is COCCCNC(=O)CC1=C2CCCCC2N(C)C1=O. The zero-order valence-corrected chi connectivity index (χ0v) is 12.4. The van der Waals surface area contributed by atoms with Gasteiger partial charge in [-0.2, -0.15) is 0 Å². The predicted octanol–water partition coefficient (Wildman–Crippen LogP) is 1.24. The Bertz CT molecular complexity index is 417. The van der Waals surface area contributed by atoms with Gasteiger partial charge in [0.05, 0.1) is 12.5 Å². The second-order valence-electron chi connectivity index (χ2n) is 5.55. The standard InChI is InChI=1S/C15H24N2O3/c1-17-13-7-4-3-6-11(13)12(15(17)19)10-14(18)16-8-5-9-20-2/h13H,3-10H2,1-2H3,(H,16,18). The maximum atomic E-state index is 12.3. The van der Waals surface area contributed by atoms with Crippen molar-refractivity contribution < 1.29 is 14.3 Å². The summed E-state index contributed by atoms with van der Waals surface area (Å²) in [5.41, 5.74) is 1.94. The van der Waals surface area contributed by atoms with E-state index in [0.717, 1.165) is 31.3 Å². The Balaban J connectivity index is 1.93. The summed E-state index contributed by atoms with van der Waals surface area (Å²) in [6, 6.07) is 0.243. The van der Waals surface area contributed by atoms with Crippen LogP contribution in [0.1, 0.15) is 38.5 Å². The third-order valence-electron chi connectivity index (χ3n) is 4.19. The van der Waals surface area contributed by atoms with Crippen LogP contribution in [0.3, 0.4) is 0 Å². The number of ether oxygens (including phenoxy) is 1. The quantitative estimate of drug-likeness (QED) is 0.745. The van der Waals surface area contributed by atoms with Gasteiger partial charge in [0.15, 0.2) is 0 Å².